The minimum atomic E-state index is 0.810. The average molecular weight is 274 g/mol. The predicted molar refractivity (Wildman–Crippen MR) is 66.6 cm³/mol. The minimum Gasteiger partial charge on any atom is -0.222 e. The number of fused-ring (bicyclic) bond motifs is 1. The summed E-state index contributed by atoms with van der Waals surface area (Å²) in [6.07, 6.45) is 1.98. The van der Waals surface area contributed by atoms with E-state index in [1.807, 2.05) is 48.7 Å². The van der Waals surface area contributed by atoms with Gasteiger partial charge in [0.1, 0.15) is 4.60 Å². The van der Waals surface area contributed by atoms with Crippen molar-refractivity contribution in [1.29, 1.82) is 0 Å². The van der Waals surface area contributed by atoms with Gasteiger partial charge in [-0.15, -0.1) is 0 Å². The van der Waals surface area contributed by atoms with Crippen LogP contribution in [0.3, 0.4) is 0 Å². The highest BCUT2D eigenvalue weighted by Gasteiger charge is 2.02. The van der Waals surface area contributed by atoms with E-state index in [0.29, 0.717) is 0 Å². The molecule has 0 aliphatic carbocycles. The molecule has 0 radical (unpaired) electrons. The second-order valence-electron chi connectivity index (χ2n) is 3.45. The molecule has 0 N–H and O–H groups in total. The number of rotatable bonds is 1. The van der Waals surface area contributed by atoms with Gasteiger partial charge in [-0.1, -0.05) is 24.3 Å². The van der Waals surface area contributed by atoms with Crippen molar-refractivity contribution in [1.82, 2.24) is 14.8 Å². The smallest absolute Gasteiger partial charge is 0.154 e. The fraction of sp³-hybridized carbons (Fsp3) is 0. The van der Waals surface area contributed by atoms with Crippen LogP contribution < -0.4 is 0 Å². The van der Waals surface area contributed by atoms with Gasteiger partial charge in [0.05, 0.1) is 5.52 Å². The zero-order chi connectivity index (χ0) is 11.0. The van der Waals surface area contributed by atoms with E-state index in [1.54, 1.807) is 4.68 Å². The first-order valence-corrected chi connectivity index (χ1v) is 5.69. The third-order valence-electron chi connectivity index (χ3n) is 2.35. The van der Waals surface area contributed by atoms with Crippen molar-refractivity contribution in [3.8, 4) is 5.82 Å². The van der Waals surface area contributed by atoms with E-state index in [2.05, 4.69) is 26.0 Å². The summed E-state index contributed by atoms with van der Waals surface area (Å²) in [7, 11) is 0. The molecule has 3 nitrogen and oxygen atoms in total. The third kappa shape index (κ3) is 1.61. The number of pyridine rings is 1. The summed E-state index contributed by atoms with van der Waals surface area (Å²) < 4.78 is 2.60. The van der Waals surface area contributed by atoms with Gasteiger partial charge in [0.2, 0.25) is 0 Å². The van der Waals surface area contributed by atoms with Crippen LogP contribution in [0.5, 0.6) is 0 Å². The van der Waals surface area contributed by atoms with E-state index in [-0.39, 0.29) is 0 Å². The normalized spacial score (nSPS) is 10.8. The summed E-state index contributed by atoms with van der Waals surface area (Å²) in [5.74, 6) is 0.811. The van der Waals surface area contributed by atoms with Gasteiger partial charge in [0, 0.05) is 11.6 Å². The molecule has 0 aliphatic rings. The Kier molecular flexibility index (Phi) is 2.22. The highest BCUT2D eigenvalue weighted by atomic mass is 79.9. The maximum Gasteiger partial charge on any atom is 0.154 e. The summed E-state index contributed by atoms with van der Waals surface area (Å²) in [5, 5.41) is 5.57. The fourth-order valence-electron chi connectivity index (χ4n) is 1.61. The first-order chi connectivity index (χ1) is 7.83. The zero-order valence-electron chi connectivity index (χ0n) is 8.34. The molecule has 0 fully saturated rings. The maximum atomic E-state index is 4.46. The van der Waals surface area contributed by atoms with Crippen molar-refractivity contribution in [2.45, 2.75) is 0 Å². The predicted octanol–water partition coefficient (Wildman–Crippen LogP) is 3.18. The molecule has 78 valence electrons. The Hall–Kier alpha value is -1.68. The van der Waals surface area contributed by atoms with Crippen molar-refractivity contribution in [3.05, 3.63) is 53.3 Å². The Labute approximate surface area is 101 Å². The molecule has 0 aliphatic heterocycles. The fourth-order valence-corrected chi connectivity index (χ4v) is 1.94. The van der Waals surface area contributed by atoms with Gasteiger partial charge >= 0.3 is 0 Å². The molecule has 2 heterocycles. The molecular weight excluding hydrogens is 266 g/mol. The molecule has 0 saturated heterocycles. The van der Waals surface area contributed by atoms with Crippen LogP contribution in [0.15, 0.2) is 53.3 Å². The standard InChI is InChI=1S/C12H8BrN3/c13-11-6-3-7-12(14-11)16-8-9-4-1-2-5-10(9)15-16/h1-8H. The number of hydrogen-bond acceptors (Lipinski definition) is 2. The molecule has 0 atom stereocenters. The van der Waals surface area contributed by atoms with Crippen molar-refractivity contribution in [2.75, 3.05) is 0 Å². The molecule has 1 aromatic carbocycles. The molecular formula is C12H8BrN3. The third-order valence-corrected chi connectivity index (χ3v) is 2.79. The lowest BCUT2D eigenvalue weighted by Gasteiger charge is -1.99. The largest absolute Gasteiger partial charge is 0.222 e. The molecule has 0 bridgehead atoms. The van der Waals surface area contributed by atoms with Crippen LogP contribution in [0.4, 0.5) is 0 Å². The number of nitrogens with zero attached hydrogens (tertiary/aromatic N) is 3. The summed E-state index contributed by atoms with van der Waals surface area (Å²) in [4.78, 5) is 4.36. The first-order valence-electron chi connectivity index (χ1n) is 4.90. The first kappa shape index (κ1) is 9.54. The van der Waals surface area contributed by atoms with Gasteiger partial charge in [0.25, 0.3) is 0 Å². The number of benzene rings is 1. The lowest BCUT2D eigenvalue weighted by atomic mass is 10.3. The van der Waals surface area contributed by atoms with E-state index in [4.69, 9.17) is 0 Å². The molecule has 4 heteroatoms. The van der Waals surface area contributed by atoms with Crippen LogP contribution in [0.2, 0.25) is 0 Å². The van der Waals surface area contributed by atoms with E-state index >= 15 is 0 Å². The summed E-state index contributed by atoms with van der Waals surface area (Å²) >= 11 is 3.35. The average Bonchev–Trinajstić information content (AvgIpc) is 2.72. The van der Waals surface area contributed by atoms with Gasteiger partial charge in [-0.05, 0) is 34.1 Å². The van der Waals surface area contributed by atoms with Crippen LogP contribution in [0.1, 0.15) is 0 Å². The van der Waals surface area contributed by atoms with Crippen molar-refractivity contribution >= 4 is 26.8 Å². The van der Waals surface area contributed by atoms with Crippen LogP contribution >= 0.6 is 15.9 Å². The van der Waals surface area contributed by atoms with Crippen LogP contribution in [0.25, 0.3) is 16.7 Å². The van der Waals surface area contributed by atoms with E-state index < -0.39 is 0 Å². The van der Waals surface area contributed by atoms with Gasteiger partial charge in [-0.2, -0.15) is 5.10 Å². The van der Waals surface area contributed by atoms with Gasteiger partial charge in [0.15, 0.2) is 5.82 Å². The SMILES string of the molecule is Brc1cccc(-n2cc3ccccc3n2)n1. The highest BCUT2D eigenvalue weighted by molar-refractivity contribution is 9.10. The molecule has 0 saturated carbocycles. The molecule has 3 rings (SSSR count). The second kappa shape index (κ2) is 3.72. The van der Waals surface area contributed by atoms with Crippen LogP contribution in [0, 0.1) is 0 Å². The highest BCUT2D eigenvalue weighted by Crippen LogP contribution is 2.15. The maximum absolute atomic E-state index is 4.46. The monoisotopic (exact) mass is 273 g/mol. The Morgan fingerprint density at radius 2 is 1.88 bits per heavy atom. The van der Waals surface area contributed by atoms with E-state index in [1.165, 1.54) is 0 Å². The lowest BCUT2D eigenvalue weighted by Crippen LogP contribution is -1.97. The number of hydrogen-bond donors (Lipinski definition) is 0. The summed E-state index contributed by atoms with van der Waals surface area (Å²) in [6.45, 7) is 0. The Morgan fingerprint density at radius 3 is 2.69 bits per heavy atom. The summed E-state index contributed by atoms with van der Waals surface area (Å²) in [6, 6.07) is 13.8. The van der Waals surface area contributed by atoms with Crippen LogP contribution in [-0.2, 0) is 0 Å². The molecule has 0 unspecified atom stereocenters. The molecule has 3 aromatic rings. The Balaban J connectivity index is 2.19. The van der Waals surface area contributed by atoms with Crippen molar-refractivity contribution < 1.29 is 0 Å². The van der Waals surface area contributed by atoms with E-state index in [0.717, 1.165) is 21.3 Å². The molecule has 16 heavy (non-hydrogen) atoms. The zero-order valence-corrected chi connectivity index (χ0v) is 9.92. The van der Waals surface area contributed by atoms with Crippen molar-refractivity contribution in [2.24, 2.45) is 0 Å². The Bertz CT molecular complexity index is 612. The minimum absolute atomic E-state index is 0.810. The van der Waals surface area contributed by atoms with E-state index in [9.17, 15) is 0 Å². The second-order valence-corrected chi connectivity index (χ2v) is 4.26. The molecule has 0 amide bonds. The molecule has 0 spiro atoms. The molecule has 2 aromatic heterocycles. The number of halogens is 1. The quantitative estimate of drug-likeness (QED) is 0.638. The van der Waals surface area contributed by atoms with Crippen LogP contribution in [-0.4, -0.2) is 14.8 Å². The lowest BCUT2D eigenvalue weighted by molar-refractivity contribution is 0.856. The van der Waals surface area contributed by atoms with Gasteiger partial charge in [-0.3, -0.25) is 0 Å². The van der Waals surface area contributed by atoms with Gasteiger partial charge in [-0.25, -0.2) is 9.67 Å². The Morgan fingerprint density at radius 1 is 1.00 bits per heavy atom. The topological polar surface area (TPSA) is 30.7 Å². The summed E-state index contributed by atoms with van der Waals surface area (Å²) in [5.41, 5.74) is 0.976. The van der Waals surface area contributed by atoms with Crippen molar-refractivity contribution in [3.63, 3.8) is 0 Å². The van der Waals surface area contributed by atoms with Gasteiger partial charge < -0.3 is 0 Å². The number of aromatic nitrogens is 3.